The maximum atomic E-state index is 11.2. The van der Waals surface area contributed by atoms with E-state index in [1.54, 1.807) is 6.92 Å². The van der Waals surface area contributed by atoms with Crippen molar-refractivity contribution in [2.24, 2.45) is 0 Å². The molecule has 5 heteroatoms. The fourth-order valence-corrected chi connectivity index (χ4v) is 1.54. The number of aromatic nitrogens is 2. The van der Waals surface area contributed by atoms with E-state index >= 15 is 0 Å². The second kappa shape index (κ2) is 5.35. The van der Waals surface area contributed by atoms with Crippen LogP contribution in [-0.2, 0) is 11.2 Å². The number of ether oxygens (including phenoxy) is 1. The Morgan fingerprint density at radius 3 is 3.07 bits per heavy atom. The number of carbonyl (C=O) groups excluding carboxylic acids is 1. The van der Waals surface area contributed by atoms with Crippen molar-refractivity contribution in [3.8, 4) is 12.3 Å². The zero-order valence-corrected chi connectivity index (χ0v) is 8.63. The Balaban J connectivity index is 2.59. The van der Waals surface area contributed by atoms with Crippen LogP contribution in [0.5, 0.6) is 0 Å². The first kappa shape index (κ1) is 10.7. The summed E-state index contributed by atoms with van der Waals surface area (Å²) in [7, 11) is 0. The van der Waals surface area contributed by atoms with Gasteiger partial charge in [0.05, 0.1) is 6.61 Å². The standard InChI is InChI=1S/C9H10N2O2S/c1-3-5-6-7-10-11-8(14-7)9(12)13-4-2/h1H,4-6H2,2H3. The molecule has 14 heavy (non-hydrogen) atoms. The number of esters is 1. The largest absolute Gasteiger partial charge is 0.461 e. The molecular formula is C9H10N2O2S. The minimum Gasteiger partial charge on any atom is -0.461 e. The normalized spacial score (nSPS) is 9.43. The molecule has 0 atom stereocenters. The average Bonchev–Trinajstić information content (AvgIpc) is 2.63. The van der Waals surface area contributed by atoms with Crippen LogP contribution in [0.25, 0.3) is 0 Å². The lowest BCUT2D eigenvalue weighted by Gasteiger charge is -1.94. The summed E-state index contributed by atoms with van der Waals surface area (Å²) in [6.07, 6.45) is 6.37. The molecule has 0 aliphatic heterocycles. The highest BCUT2D eigenvalue weighted by molar-refractivity contribution is 7.13. The van der Waals surface area contributed by atoms with Gasteiger partial charge in [-0.2, -0.15) is 0 Å². The summed E-state index contributed by atoms with van der Waals surface area (Å²) in [4.78, 5) is 11.2. The molecule has 0 spiro atoms. The van der Waals surface area contributed by atoms with Crippen LogP contribution < -0.4 is 0 Å². The molecule has 0 aromatic carbocycles. The summed E-state index contributed by atoms with van der Waals surface area (Å²) in [5.74, 6) is 2.08. The molecule has 1 aromatic rings. The Labute approximate surface area is 86.3 Å². The molecular weight excluding hydrogens is 200 g/mol. The SMILES string of the molecule is C#CCCc1nnc(C(=O)OCC)s1. The van der Waals surface area contributed by atoms with Crippen molar-refractivity contribution in [2.45, 2.75) is 19.8 Å². The van der Waals surface area contributed by atoms with Crippen molar-refractivity contribution in [1.82, 2.24) is 10.2 Å². The Morgan fingerprint density at radius 2 is 2.43 bits per heavy atom. The third-order valence-electron chi connectivity index (χ3n) is 1.40. The van der Waals surface area contributed by atoms with Crippen molar-refractivity contribution in [1.29, 1.82) is 0 Å². The van der Waals surface area contributed by atoms with E-state index in [4.69, 9.17) is 11.2 Å². The van der Waals surface area contributed by atoms with Crippen LogP contribution >= 0.6 is 11.3 Å². The quantitative estimate of drug-likeness (QED) is 0.555. The molecule has 0 bridgehead atoms. The lowest BCUT2D eigenvalue weighted by atomic mass is 10.3. The second-order valence-corrected chi connectivity index (χ2v) is 3.49. The number of rotatable bonds is 4. The van der Waals surface area contributed by atoms with Crippen molar-refractivity contribution in [2.75, 3.05) is 6.61 Å². The average molecular weight is 210 g/mol. The van der Waals surface area contributed by atoms with Crippen molar-refractivity contribution in [3.05, 3.63) is 10.0 Å². The predicted octanol–water partition coefficient (Wildman–Crippen LogP) is 1.28. The Morgan fingerprint density at radius 1 is 1.64 bits per heavy atom. The van der Waals surface area contributed by atoms with Crippen LogP contribution in [0.2, 0.25) is 0 Å². The van der Waals surface area contributed by atoms with Crippen LogP contribution in [-0.4, -0.2) is 22.8 Å². The summed E-state index contributed by atoms with van der Waals surface area (Å²) >= 11 is 1.23. The van der Waals surface area contributed by atoms with Gasteiger partial charge in [0.15, 0.2) is 0 Å². The smallest absolute Gasteiger partial charge is 0.369 e. The zero-order valence-electron chi connectivity index (χ0n) is 7.82. The monoisotopic (exact) mass is 210 g/mol. The van der Waals surface area contributed by atoms with E-state index in [2.05, 4.69) is 16.1 Å². The topological polar surface area (TPSA) is 52.1 Å². The number of terminal acetylenes is 1. The molecule has 1 heterocycles. The molecule has 0 aliphatic rings. The minimum atomic E-state index is -0.419. The molecule has 1 aromatic heterocycles. The highest BCUT2D eigenvalue weighted by Crippen LogP contribution is 2.12. The lowest BCUT2D eigenvalue weighted by Crippen LogP contribution is -2.03. The maximum Gasteiger partial charge on any atom is 0.369 e. The van der Waals surface area contributed by atoms with Gasteiger partial charge in [-0.3, -0.25) is 0 Å². The molecule has 0 saturated carbocycles. The number of nitrogens with zero attached hydrogens (tertiary/aromatic N) is 2. The van der Waals surface area contributed by atoms with Gasteiger partial charge in [-0.05, 0) is 6.92 Å². The van der Waals surface area contributed by atoms with Crippen molar-refractivity contribution in [3.63, 3.8) is 0 Å². The zero-order chi connectivity index (χ0) is 10.4. The van der Waals surface area contributed by atoms with E-state index in [0.29, 0.717) is 24.5 Å². The van der Waals surface area contributed by atoms with Crippen LogP contribution in [0.15, 0.2) is 0 Å². The first-order chi connectivity index (χ1) is 6.77. The van der Waals surface area contributed by atoms with Crippen molar-refractivity contribution < 1.29 is 9.53 Å². The summed E-state index contributed by atoms with van der Waals surface area (Å²) in [6, 6.07) is 0. The van der Waals surface area contributed by atoms with Gasteiger partial charge in [-0.15, -0.1) is 22.5 Å². The molecule has 74 valence electrons. The third-order valence-corrected chi connectivity index (χ3v) is 2.36. The number of hydrogen-bond donors (Lipinski definition) is 0. The molecule has 4 nitrogen and oxygen atoms in total. The van der Waals surface area contributed by atoms with Crippen LogP contribution in [0.1, 0.15) is 28.2 Å². The Kier molecular flexibility index (Phi) is 4.08. The first-order valence-corrected chi connectivity index (χ1v) is 5.02. The highest BCUT2D eigenvalue weighted by Gasteiger charge is 2.12. The highest BCUT2D eigenvalue weighted by atomic mass is 32.1. The van der Waals surface area contributed by atoms with Gasteiger partial charge >= 0.3 is 5.97 Å². The van der Waals surface area contributed by atoms with E-state index in [1.807, 2.05) is 0 Å². The summed E-state index contributed by atoms with van der Waals surface area (Å²) in [5, 5.41) is 8.60. The van der Waals surface area contributed by atoms with Crippen LogP contribution in [0.3, 0.4) is 0 Å². The Hall–Kier alpha value is -1.41. The van der Waals surface area contributed by atoms with Crippen LogP contribution in [0.4, 0.5) is 0 Å². The molecule has 0 aliphatic carbocycles. The van der Waals surface area contributed by atoms with Gasteiger partial charge < -0.3 is 4.74 Å². The van der Waals surface area contributed by atoms with E-state index in [0.717, 1.165) is 5.01 Å². The summed E-state index contributed by atoms with van der Waals surface area (Å²) < 4.78 is 4.77. The molecule has 0 fully saturated rings. The van der Waals surface area contributed by atoms with Gasteiger partial charge in [0.2, 0.25) is 5.01 Å². The lowest BCUT2D eigenvalue weighted by molar-refractivity contribution is 0.0525. The van der Waals surface area contributed by atoms with E-state index in [9.17, 15) is 4.79 Å². The van der Waals surface area contributed by atoms with E-state index in [1.165, 1.54) is 11.3 Å². The van der Waals surface area contributed by atoms with Gasteiger partial charge in [0.25, 0.3) is 0 Å². The van der Waals surface area contributed by atoms with Gasteiger partial charge in [-0.1, -0.05) is 11.3 Å². The molecule has 0 N–H and O–H groups in total. The Bertz CT molecular complexity index is 354. The number of hydrogen-bond acceptors (Lipinski definition) is 5. The molecule has 0 saturated heterocycles. The van der Waals surface area contributed by atoms with Gasteiger partial charge in [-0.25, -0.2) is 4.79 Å². The third kappa shape index (κ3) is 2.82. The maximum absolute atomic E-state index is 11.2. The summed E-state index contributed by atoms with van der Waals surface area (Å²) in [6.45, 7) is 2.09. The van der Waals surface area contributed by atoms with E-state index < -0.39 is 5.97 Å². The summed E-state index contributed by atoms with van der Waals surface area (Å²) in [5.41, 5.74) is 0. The second-order valence-electron chi connectivity index (χ2n) is 2.43. The van der Waals surface area contributed by atoms with Crippen LogP contribution in [0, 0.1) is 12.3 Å². The number of aryl methyl sites for hydroxylation is 1. The van der Waals surface area contributed by atoms with E-state index in [-0.39, 0.29) is 0 Å². The fraction of sp³-hybridized carbons (Fsp3) is 0.444. The predicted molar refractivity (Wildman–Crippen MR) is 53.0 cm³/mol. The molecule has 0 unspecified atom stereocenters. The molecule has 0 radical (unpaired) electrons. The van der Waals surface area contributed by atoms with Gasteiger partial charge in [0.1, 0.15) is 5.01 Å². The van der Waals surface area contributed by atoms with Gasteiger partial charge in [0, 0.05) is 12.8 Å². The number of carbonyl (C=O) groups is 1. The van der Waals surface area contributed by atoms with Crippen molar-refractivity contribution >= 4 is 17.3 Å². The minimum absolute atomic E-state index is 0.291. The molecule has 1 rings (SSSR count). The molecule has 0 amide bonds. The first-order valence-electron chi connectivity index (χ1n) is 4.21. The fourth-order valence-electron chi connectivity index (χ4n) is 0.809.